The minimum atomic E-state index is 0.379. The highest BCUT2D eigenvalue weighted by Gasteiger charge is 2.49. The molecule has 1 saturated heterocycles. The summed E-state index contributed by atoms with van der Waals surface area (Å²) in [6.07, 6.45) is 7.54. The maximum atomic E-state index is 6.08. The van der Waals surface area contributed by atoms with Crippen molar-refractivity contribution in [2.24, 2.45) is 0 Å². The predicted molar refractivity (Wildman–Crippen MR) is 58.5 cm³/mol. The lowest BCUT2D eigenvalue weighted by Crippen LogP contribution is -2.49. The molecule has 1 aliphatic carbocycles. The number of hydrogen-bond donors (Lipinski definition) is 0. The van der Waals surface area contributed by atoms with E-state index in [1.807, 2.05) is 0 Å². The van der Waals surface area contributed by atoms with Crippen molar-refractivity contribution < 1.29 is 4.74 Å². The fourth-order valence-corrected chi connectivity index (χ4v) is 3.30. The fourth-order valence-electron chi connectivity index (χ4n) is 3.30. The van der Waals surface area contributed by atoms with Crippen molar-refractivity contribution in [1.29, 1.82) is 0 Å². The number of ether oxygens (including phenoxy) is 1. The zero-order chi connectivity index (χ0) is 10.2. The monoisotopic (exact) mass is 197 g/mol. The third-order valence-electron chi connectivity index (χ3n) is 3.98. The van der Waals surface area contributed by atoms with E-state index in [0.29, 0.717) is 17.7 Å². The molecule has 1 spiro atoms. The molecule has 2 unspecified atom stereocenters. The number of hydrogen-bond acceptors (Lipinski definition) is 2. The lowest BCUT2D eigenvalue weighted by atomic mass is 9.92. The van der Waals surface area contributed by atoms with Crippen LogP contribution in [0.4, 0.5) is 0 Å². The van der Waals surface area contributed by atoms with Gasteiger partial charge < -0.3 is 4.74 Å². The van der Waals surface area contributed by atoms with Crippen LogP contribution in [0.15, 0.2) is 0 Å². The van der Waals surface area contributed by atoms with Gasteiger partial charge in [0, 0.05) is 5.54 Å². The normalized spacial score (nSPS) is 39.0. The summed E-state index contributed by atoms with van der Waals surface area (Å²) >= 11 is 0. The lowest BCUT2D eigenvalue weighted by Gasteiger charge is -2.38. The van der Waals surface area contributed by atoms with Crippen molar-refractivity contribution in [1.82, 2.24) is 4.90 Å². The Bertz CT molecular complexity index is 200. The van der Waals surface area contributed by atoms with Crippen LogP contribution in [-0.4, -0.2) is 36.2 Å². The summed E-state index contributed by atoms with van der Waals surface area (Å²) in [5, 5.41) is 0. The Hall–Kier alpha value is -0.0800. The molecule has 2 nitrogen and oxygen atoms in total. The summed E-state index contributed by atoms with van der Waals surface area (Å²) < 4.78 is 6.08. The van der Waals surface area contributed by atoms with Crippen LogP contribution < -0.4 is 0 Å². The molecular formula is C12H23NO. The average Bonchev–Trinajstić information content (AvgIpc) is 2.63. The van der Waals surface area contributed by atoms with Crippen LogP contribution in [0.1, 0.15) is 46.0 Å². The van der Waals surface area contributed by atoms with Crippen molar-refractivity contribution in [3.8, 4) is 0 Å². The zero-order valence-electron chi connectivity index (χ0n) is 9.75. The topological polar surface area (TPSA) is 12.5 Å². The van der Waals surface area contributed by atoms with Gasteiger partial charge in [-0.25, -0.2) is 0 Å². The van der Waals surface area contributed by atoms with Crippen LogP contribution >= 0.6 is 0 Å². The van der Waals surface area contributed by atoms with Gasteiger partial charge in [-0.2, -0.15) is 0 Å². The molecule has 0 N–H and O–H groups in total. The number of nitrogens with zero attached hydrogens (tertiary/aromatic N) is 1. The molecule has 0 aromatic carbocycles. The summed E-state index contributed by atoms with van der Waals surface area (Å²) in [5.41, 5.74) is 0.407. The van der Waals surface area contributed by atoms with Crippen molar-refractivity contribution in [3.05, 3.63) is 0 Å². The van der Waals surface area contributed by atoms with Gasteiger partial charge in [0.1, 0.15) is 0 Å². The second-order valence-electron chi connectivity index (χ2n) is 5.19. The second kappa shape index (κ2) is 3.82. The molecule has 82 valence electrons. The fraction of sp³-hybridized carbons (Fsp3) is 1.00. The maximum Gasteiger partial charge on any atom is 0.0762 e. The first-order chi connectivity index (χ1) is 6.65. The molecule has 2 aliphatic rings. The van der Waals surface area contributed by atoms with E-state index in [2.05, 4.69) is 25.8 Å². The van der Waals surface area contributed by atoms with E-state index in [4.69, 9.17) is 4.74 Å². The van der Waals surface area contributed by atoms with Gasteiger partial charge >= 0.3 is 0 Å². The number of rotatable bonds is 2. The number of likely N-dealkylation sites (tertiary alicyclic amines) is 1. The Morgan fingerprint density at radius 2 is 2.00 bits per heavy atom. The van der Waals surface area contributed by atoms with E-state index in [0.717, 1.165) is 0 Å². The maximum absolute atomic E-state index is 6.08. The van der Waals surface area contributed by atoms with Crippen molar-refractivity contribution in [3.63, 3.8) is 0 Å². The van der Waals surface area contributed by atoms with E-state index >= 15 is 0 Å². The van der Waals surface area contributed by atoms with Crippen LogP contribution in [0.25, 0.3) is 0 Å². The Balaban J connectivity index is 2.08. The van der Waals surface area contributed by atoms with E-state index < -0.39 is 0 Å². The van der Waals surface area contributed by atoms with Crippen molar-refractivity contribution in [2.75, 3.05) is 13.6 Å². The largest absolute Gasteiger partial charge is 0.374 e. The molecule has 2 heteroatoms. The Morgan fingerprint density at radius 1 is 1.29 bits per heavy atom. The standard InChI is InChI=1S/C12H23NO/c1-10(2)14-11-6-4-7-12(11)8-5-9-13(12)3/h10-11H,4-9H2,1-3H3. The van der Waals surface area contributed by atoms with Gasteiger partial charge in [-0.15, -0.1) is 0 Å². The van der Waals surface area contributed by atoms with Gasteiger partial charge in [0.25, 0.3) is 0 Å². The lowest BCUT2D eigenvalue weighted by molar-refractivity contribution is -0.0596. The summed E-state index contributed by atoms with van der Waals surface area (Å²) in [5.74, 6) is 0. The van der Waals surface area contributed by atoms with Crippen LogP contribution in [0, 0.1) is 0 Å². The molecule has 2 rings (SSSR count). The summed E-state index contributed by atoms with van der Waals surface area (Å²) in [7, 11) is 2.27. The van der Waals surface area contributed by atoms with Crippen LogP contribution in [0.2, 0.25) is 0 Å². The molecule has 2 fully saturated rings. The van der Waals surface area contributed by atoms with Crippen LogP contribution in [0.5, 0.6) is 0 Å². The van der Waals surface area contributed by atoms with Gasteiger partial charge in [-0.05, 0) is 59.5 Å². The molecule has 1 heterocycles. The molecule has 0 aromatic rings. The molecule has 0 bridgehead atoms. The quantitative estimate of drug-likeness (QED) is 0.674. The molecule has 1 saturated carbocycles. The van der Waals surface area contributed by atoms with Crippen molar-refractivity contribution >= 4 is 0 Å². The van der Waals surface area contributed by atoms with Gasteiger partial charge in [-0.3, -0.25) is 4.90 Å². The highest BCUT2D eigenvalue weighted by atomic mass is 16.5. The smallest absolute Gasteiger partial charge is 0.0762 e. The third kappa shape index (κ3) is 1.59. The summed E-state index contributed by atoms with van der Waals surface area (Å²) in [6.45, 7) is 5.57. The molecular weight excluding hydrogens is 174 g/mol. The summed E-state index contributed by atoms with van der Waals surface area (Å²) in [4.78, 5) is 2.55. The first-order valence-electron chi connectivity index (χ1n) is 6.02. The minimum Gasteiger partial charge on any atom is -0.374 e. The molecule has 1 aliphatic heterocycles. The second-order valence-corrected chi connectivity index (χ2v) is 5.19. The van der Waals surface area contributed by atoms with E-state index in [1.54, 1.807) is 0 Å². The Kier molecular flexibility index (Phi) is 2.85. The first kappa shape index (κ1) is 10.4. The Labute approximate surface area is 87.6 Å². The minimum absolute atomic E-state index is 0.379. The van der Waals surface area contributed by atoms with Gasteiger partial charge in [0.05, 0.1) is 12.2 Å². The highest BCUT2D eigenvalue weighted by molar-refractivity contribution is 5.04. The SMILES string of the molecule is CC(C)OC1CCCC12CCCN2C. The van der Waals surface area contributed by atoms with E-state index in [-0.39, 0.29) is 0 Å². The average molecular weight is 197 g/mol. The molecule has 0 aromatic heterocycles. The Morgan fingerprint density at radius 3 is 2.57 bits per heavy atom. The van der Waals surface area contributed by atoms with E-state index in [9.17, 15) is 0 Å². The van der Waals surface area contributed by atoms with Gasteiger partial charge in [0.2, 0.25) is 0 Å². The molecule has 0 radical (unpaired) electrons. The molecule has 0 amide bonds. The van der Waals surface area contributed by atoms with Crippen LogP contribution in [0.3, 0.4) is 0 Å². The summed E-state index contributed by atoms with van der Waals surface area (Å²) in [6, 6.07) is 0. The highest BCUT2D eigenvalue weighted by Crippen LogP contribution is 2.44. The van der Waals surface area contributed by atoms with E-state index in [1.165, 1.54) is 38.6 Å². The first-order valence-corrected chi connectivity index (χ1v) is 6.02. The molecule has 14 heavy (non-hydrogen) atoms. The van der Waals surface area contributed by atoms with Gasteiger partial charge in [-0.1, -0.05) is 0 Å². The van der Waals surface area contributed by atoms with Crippen LogP contribution in [-0.2, 0) is 4.74 Å². The predicted octanol–water partition coefficient (Wildman–Crippen LogP) is 2.43. The zero-order valence-corrected chi connectivity index (χ0v) is 9.75. The van der Waals surface area contributed by atoms with Crippen molar-refractivity contribution in [2.45, 2.75) is 63.7 Å². The number of likely N-dealkylation sites (N-methyl/N-ethyl adjacent to an activating group) is 1. The third-order valence-corrected chi connectivity index (χ3v) is 3.98. The van der Waals surface area contributed by atoms with Gasteiger partial charge in [0.15, 0.2) is 0 Å². The molecule has 2 atom stereocenters.